The molecular weight excluding hydrogens is 302 g/mol. The number of likely N-dealkylation sites (tertiary alicyclic amines) is 1. The van der Waals surface area contributed by atoms with Crippen molar-refractivity contribution in [1.82, 2.24) is 10.2 Å². The van der Waals surface area contributed by atoms with Gasteiger partial charge in [-0.15, -0.1) is 0 Å². The topological polar surface area (TPSA) is 46.1 Å². The standard InChI is InChI=1S/C19H31N3O2/c1-3-20-19(21-11-13-23-4-2)22-12-10-18(14-22)16-24-15-17-8-6-5-7-9-17/h5-9,18H,3-4,10-16H2,1-2H3,(H,20,21). The lowest BCUT2D eigenvalue weighted by molar-refractivity contribution is 0.0906. The summed E-state index contributed by atoms with van der Waals surface area (Å²) in [5.74, 6) is 1.58. The average Bonchev–Trinajstić information content (AvgIpc) is 3.07. The molecule has 1 aliphatic heterocycles. The molecule has 2 rings (SSSR count). The van der Waals surface area contributed by atoms with Crippen molar-refractivity contribution in [3.8, 4) is 0 Å². The quantitative estimate of drug-likeness (QED) is 0.428. The molecule has 0 amide bonds. The van der Waals surface area contributed by atoms with E-state index in [2.05, 4.69) is 46.4 Å². The van der Waals surface area contributed by atoms with Gasteiger partial charge in [-0.3, -0.25) is 4.99 Å². The van der Waals surface area contributed by atoms with Crippen LogP contribution in [0.5, 0.6) is 0 Å². The maximum Gasteiger partial charge on any atom is 0.194 e. The van der Waals surface area contributed by atoms with Gasteiger partial charge in [0.1, 0.15) is 0 Å². The second-order valence-electron chi connectivity index (χ2n) is 6.03. The van der Waals surface area contributed by atoms with Crippen molar-refractivity contribution >= 4 is 5.96 Å². The van der Waals surface area contributed by atoms with Gasteiger partial charge in [0.25, 0.3) is 0 Å². The van der Waals surface area contributed by atoms with E-state index in [1.165, 1.54) is 5.56 Å². The maximum atomic E-state index is 5.90. The lowest BCUT2D eigenvalue weighted by Crippen LogP contribution is -2.40. The fourth-order valence-electron chi connectivity index (χ4n) is 2.86. The summed E-state index contributed by atoms with van der Waals surface area (Å²) >= 11 is 0. The minimum absolute atomic E-state index is 0.574. The van der Waals surface area contributed by atoms with E-state index < -0.39 is 0 Å². The van der Waals surface area contributed by atoms with Crippen LogP contribution in [0.25, 0.3) is 0 Å². The number of hydrogen-bond donors (Lipinski definition) is 1. The molecule has 1 heterocycles. The first kappa shape index (κ1) is 18.7. The van der Waals surface area contributed by atoms with E-state index in [0.717, 1.165) is 45.2 Å². The Morgan fingerprint density at radius 1 is 1.25 bits per heavy atom. The first-order valence-corrected chi connectivity index (χ1v) is 9.06. The molecule has 1 fully saturated rings. The van der Waals surface area contributed by atoms with Crippen molar-refractivity contribution in [2.75, 3.05) is 46.0 Å². The van der Waals surface area contributed by atoms with Gasteiger partial charge in [-0.2, -0.15) is 0 Å². The first-order valence-electron chi connectivity index (χ1n) is 9.06. The molecule has 1 aromatic rings. The van der Waals surface area contributed by atoms with Gasteiger partial charge in [-0.25, -0.2) is 0 Å². The van der Waals surface area contributed by atoms with Crippen LogP contribution in [0.2, 0.25) is 0 Å². The summed E-state index contributed by atoms with van der Waals surface area (Å²) in [5.41, 5.74) is 1.23. The minimum Gasteiger partial charge on any atom is -0.380 e. The Balaban J connectivity index is 1.73. The van der Waals surface area contributed by atoms with Gasteiger partial charge in [-0.1, -0.05) is 30.3 Å². The van der Waals surface area contributed by atoms with Gasteiger partial charge >= 0.3 is 0 Å². The molecular formula is C19H31N3O2. The van der Waals surface area contributed by atoms with Crippen LogP contribution in [0.3, 0.4) is 0 Å². The number of nitrogens with one attached hydrogen (secondary N) is 1. The first-order chi connectivity index (χ1) is 11.8. The van der Waals surface area contributed by atoms with Crippen LogP contribution < -0.4 is 5.32 Å². The van der Waals surface area contributed by atoms with Crippen LogP contribution in [0.15, 0.2) is 35.3 Å². The van der Waals surface area contributed by atoms with Gasteiger partial charge in [0.2, 0.25) is 0 Å². The smallest absolute Gasteiger partial charge is 0.194 e. The highest BCUT2D eigenvalue weighted by Gasteiger charge is 2.24. The van der Waals surface area contributed by atoms with Crippen LogP contribution in [0.4, 0.5) is 0 Å². The Morgan fingerprint density at radius 3 is 2.83 bits per heavy atom. The Kier molecular flexibility index (Phi) is 8.63. The van der Waals surface area contributed by atoms with Crippen LogP contribution in [0.1, 0.15) is 25.8 Å². The van der Waals surface area contributed by atoms with Crippen molar-refractivity contribution in [3.63, 3.8) is 0 Å². The van der Waals surface area contributed by atoms with E-state index in [9.17, 15) is 0 Å². The number of ether oxygens (including phenoxy) is 2. The van der Waals surface area contributed by atoms with Crippen LogP contribution in [-0.4, -0.2) is 56.9 Å². The zero-order valence-electron chi connectivity index (χ0n) is 15.0. The molecule has 0 spiro atoms. The predicted molar refractivity (Wildman–Crippen MR) is 98.2 cm³/mol. The largest absolute Gasteiger partial charge is 0.380 e. The summed E-state index contributed by atoms with van der Waals surface area (Å²) in [7, 11) is 0. The molecule has 5 nitrogen and oxygen atoms in total. The van der Waals surface area contributed by atoms with Gasteiger partial charge in [-0.05, 0) is 25.8 Å². The third-order valence-corrected chi connectivity index (χ3v) is 4.09. The molecule has 1 atom stereocenters. The predicted octanol–water partition coefficient (Wildman–Crippen LogP) is 2.53. The highest BCUT2D eigenvalue weighted by atomic mass is 16.5. The fraction of sp³-hybridized carbons (Fsp3) is 0.632. The monoisotopic (exact) mass is 333 g/mol. The third kappa shape index (κ3) is 6.49. The third-order valence-electron chi connectivity index (χ3n) is 4.09. The summed E-state index contributed by atoms with van der Waals surface area (Å²) in [6.07, 6.45) is 1.16. The van der Waals surface area contributed by atoms with Gasteiger partial charge in [0, 0.05) is 32.2 Å². The van der Waals surface area contributed by atoms with Crippen molar-refractivity contribution in [1.29, 1.82) is 0 Å². The van der Waals surface area contributed by atoms with E-state index in [4.69, 9.17) is 9.47 Å². The molecule has 134 valence electrons. The molecule has 5 heteroatoms. The Morgan fingerprint density at radius 2 is 2.08 bits per heavy atom. The highest BCUT2D eigenvalue weighted by molar-refractivity contribution is 5.80. The zero-order valence-corrected chi connectivity index (χ0v) is 15.0. The molecule has 24 heavy (non-hydrogen) atoms. The van der Waals surface area contributed by atoms with Crippen molar-refractivity contribution in [2.45, 2.75) is 26.9 Å². The number of guanidine groups is 1. The van der Waals surface area contributed by atoms with Gasteiger partial charge < -0.3 is 19.7 Å². The van der Waals surface area contributed by atoms with Crippen LogP contribution in [-0.2, 0) is 16.1 Å². The normalized spacial score (nSPS) is 18.2. The zero-order chi connectivity index (χ0) is 17.0. The Bertz CT molecular complexity index is 479. The molecule has 1 unspecified atom stereocenters. The lowest BCUT2D eigenvalue weighted by Gasteiger charge is -2.21. The van der Waals surface area contributed by atoms with Crippen molar-refractivity contribution in [2.24, 2.45) is 10.9 Å². The SMILES string of the molecule is CCNC(=NCCOCC)N1CCC(COCc2ccccc2)C1. The molecule has 1 N–H and O–H groups in total. The molecule has 1 aromatic carbocycles. The second-order valence-corrected chi connectivity index (χ2v) is 6.03. The van der Waals surface area contributed by atoms with E-state index in [-0.39, 0.29) is 0 Å². The summed E-state index contributed by atoms with van der Waals surface area (Å²) < 4.78 is 11.3. The van der Waals surface area contributed by atoms with E-state index in [1.807, 2.05) is 13.0 Å². The molecule has 1 aliphatic rings. The summed E-state index contributed by atoms with van der Waals surface area (Å²) in [5, 5.41) is 3.38. The van der Waals surface area contributed by atoms with Gasteiger partial charge in [0.05, 0.1) is 26.4 Å². The van der Waals surface area contributed by atoms with Crippen LogP contribution >= 0.6 is 0 Å². The Hall–Kier alpha value is -1.59. The van der Waals surface area contributed by atoms with E-state index in [0.29, 0.717) is 25.7 Å². The molecule has 0 bridgehead atoms. The van der Waals surface area contributed by atoms with Crippen molar-refractivity contribution < 1.29 is 9.47 Å². The summed E-state index contributed by atoms with van der Waals surface area (Å²) in [6, 6.07) is 10.4. The number of hydrogen-bond acceptors (Lipinski definition) is 3. The van der Waals surface area contributed by atoms with E-state index >= 15 is 0 Å². The Labute approximate surface area is 146 Å². The minimum atomic E-state index is 0.574. The molecule has 0 radical (unpaired) electrons. The number of aliphatic imine (C=N–C) groups is 1. The van der Waals surface area contributed by atoms with Crippen molar-refractivity contribution in [3.05, 3.63) is 35.9 Å². The molecule has 0 saturated carbocycles. The van der Waals surface area contributed by atoms with Gasteiger partial charge in [0.15, 0.2) is 5.96 Å². The number of nitrogens with zero attached hydrogens (tertiary/aromatic N) is 2. The number of rotatable bonds is 9. The fourth-order valence-corrected chi connectivity index (χ4v) is 2.86. The van der Waals surface area contributed by atoms with E-state index in [1.54, 1.807) is 0 Å². The van der Waals surface area contributed by atoms with Crippen LogP contribution in [0, 0.1) is 5.92 Å². The molecule has 1 saturated heterocycles. The molecule has 0 aliphatic carbocycles. The summed E-state index contributed by atoms with van der Waals surface area (Å²) in [6.45, 7) is 10.7. The lowest BCUT2D eigenvalue weighted by atomic mass is 10.1. The number of benzene rings is 1. The maximum absolute atomic E-state index is 5.90. The summed E-state index contributed by atoms with van der Waals surface area (Å²) in [4.78, 5) is 7.00. The average molecular weight is 333 g/mol. The highest BCUT2D eigenvalue weighted by Crippen LogP contribution is 2.17. The molecule has 0 aromatic heterocycles. The second kappa shape index (κ2) is 11.0.